The molecule has 0 bridgehead atoms. The van der Waals surface area contributed by atoms with Crippen molar-refractivity contribution < 1.29 is 5.11 Å². The third kappa shape index (κ3) is 3.67. The summed E-state index contributed by atoms with van der Waals surface area (Å²) in [4.78, 5) is 4.47. The zero-order valence-corrected chi connectivity index (χ0v) is 13.3. The summed E-state index contributed by atoms with van der Waals surface area (Å²) in [5.74, 6) is 0.223. The molecule has 0 aliphatic heterocycles. The van der Waals surface area contributed by atoms with Crippen molar-refractivity contribution >= 4 is 27.9 Å². The number of nitrogens with zero attached hydrogens (tertiary/aromatic N) is 2. The highest BCUT2D eigenvalue weighted by Gasteiger charge is 2.05. The molecule has 3 aromatic rings. The van der Waals surface area contributed by atoms with Gasteiger partial charge >= 0.3 is 0 Å². The second-order valence-corrected chi connectivity index (χ2v) is 5.88. The fourth-order valence-corrected chi connectivity index (χ4v) is 2.74. The number of aromatic hydroxyl groups is 1. The molecule has 1 heterocycles. The van der Waals surface area contributed by atoms with Gasteiger partial charge in [-0.05, 0) is 36.8 Å². The number of rotatable bonds is 4. The number of benzene rings is 2. The summed E-state index contributed by atoms with van der Waals surface area (Å²) in [7, 11) is 0. The third-order valence-corrected chi connectivity index (χ3v) is 4.02. The zero-order valence-electron chi connectivity index (χ0n) is 12.5. The van der Waals surface area contributed by atoms with E-state index in [9.17, 15) is 5.11 Å². The quantitative estimate of drug-likeness (QED) is 0.386. The smallest absolute Gasteiger partial charge is 0.203 e. The van der Waals surface area contributed by atoms with Crippen LogP contribution in [0.15, 0.2) is 59.0 Å². The van der Waals surface area contributed by atoms with Crippen molar-refractivity contribution in [1.82, 2.24) is 4.98 Å². The van der Waals surface area contributed by atoms with E-state index in [1.165, 1.54) is 11.3 Å². The maximum absolute atomic E-state index is 9.53. The molecule has 2 aromatic carbocycles. The lowest BCUT2D eigenvalue weighted by Gasteiger charge is -2.02. The lowest BCUT2D eigenvalue weighted by molar-refractivity contribution is 0.475. The first-order valence-corrected chi connectivity index (χ1v) is 7.91. The molecule has 0 unspecified atom stereocenters. The predicted octanol–water partition coefficient (Wildman–Crippen LogP) is 3.93. The molecule has 0 atom stereocenters. The van der Waals surface area contributed by atoms with Crippen LogP contribution in [0.3, 0.4) is 0 Å². The highest BCUT2D eigenvalue weighted by atomic mass is 32.1. The Balaban J connectivity index is 1.75. The molecule has 5 nitrogen and oxygen atoms in total. The lowest BCUT2D eigenvalue weighted by Crippen LogP contribution is -2.00. The number of phenols is 1. The highest BCUT2D eigenvalue weighted by Crippen LogP contribution is 2.27. The normalized spacial score (nSPS) is 11.4. The van der Waals surface area contributed by atoms with Crippen LogP contribution < -0.4 is 11.2 Å². The van der Waals surface area contributed by atoms with Crippen LogP contribution in [-0.2, 0) is 0 Å². The molecule has 0 saturated heterocycles. The van der Waals surface area contributed by atoms with Crippen LogP contribution in [0.5, 0.6) is 5.75 Å². The largest absolute Gasteiger partial charge is 0.508 e. The van der Waals surface area contributed by atoms with E-state index in [0.29, 0.717) is 10.8 Å². The van der Waals surface area contributed by atoms with E-state index in [1.807, 2.05) is 42.6 Å². The first-order chi connectivity index (χ1) is 11.1. The van der Waals surface area contributed by atoms with Gasteiger partial charge in [-0.25, -0.2) is 4.98 Å². The molecule has 0 amide bonds. The van der Waals surface area contributed by atoms with Crippen LogP contribution in [0.1, 0.15) is 12.5 Å². The molecular formula is C17H16N4OS. The van der Waals surface area contributed by atoms with Gasteiger partial charge in [-0.1, -0.05) is 24.3 Å². The summed E-state index contributed by atoms with van der Waals surface area (Å²) in [6.07, 6.45) is 0. The number of hydrazone groups is 1. The molecule has 6 heteroatoms. The standard InChI is InChI=1S/C17H16N4OS/c1-11(12-4-2-6-14(18)8-12)20-21-17-19-16(10-23-17)13-5-3-7-15(22)9-13/h2-10,22H,18H2,1H3,(H,19,21)/b20-11-. The number of hydrogen-bond acceptors (Lipinski definition) is 6. The maximum Gasteiger partial charge on any atom is 0.203 e. The minimum absolute atomic E-state index is 0.223. The van der Waals surface area contributed by atoms with E-state index in [-0.39, 0.29) is 5.75 Å². The Bertz CT molecular complexity index is 857. The summed E-state index contributed by atoms with van der Waals surface area (Å²) in [6, 6.07) is 14.6. The van der Waals surface area contributed by atoms with Crippen molar-refractivity contribution in [1.29, 1.82) is 0 Å². The van der Waals surface area contributed by atoms with E-state index in [0.717, 1.165) is 22.5 Å². The number of hydrogen-bond donors (Lipinski definition) is 3. The number of nitrogens with two attached hydrogens (primary N) is 1. The number of nitrogens with one attached hydrogen (secondary N) is 1. The van der Waals surface area contributed by atoms with Crippen molar-refractivity contribution in [2.75, 3.05) is 11.2 Å². The van der Waals surface area contributed by atoms with Gasteiger partial charge in [0.05, 0.1) is 11.4 Å². The van der Waals surface area contributed by atoms with E-state index < -0.39 is 0 Å². The van der Waals surface area contributed by atoms with Gasteiger partial charge < -0.3 is 10.8 Å². The monoisotopic (exact) mass is 324 g/mol. The average molecular weight is 324 g/mol. The Morgan fingerprint density at radius 3 is 2.83 bits per heavy atom. The van der Waals surface area contributed by atoms with Crippen molar-refractivity contribution in [2.24, 2.45) is 5.10 Å². The first kappa shape index (κ1) is 15.1. The van der Waals surface area contributed by atoms with E-state index in [4.69, 9.17) is 5.73 Å². The average Bonchev–Trinajstić information content (AvgIpc) is 3.01. The number of anilines is 2. The van der Waals surface area contributed by atoms with Gasteiger partial charge in [0.25, 0.3) is 0 Å². The van der Waals surface area contributed by atoms with Crippen molar-refractivity contribution in [3.05, 3.63) is 59.5 Å². The zero-order chi connectivity index (χ0) is 16.2. The molecule has 3 rings (SSSR count). The summed E-state index contributed by atoms with van der Waals surface area (Å²) in [6.45, 7) is 1.91. The minimum Gasteiger partial charge on any atom is -0.508 e. The van der Waals surface area contributed by atoms with Crippen LogP contribution in [0.25, 0.3) is 11.3 Å². The summed E-state index contributed by atoms with van der Waals surface area (Å²) >= 11 is 1.45. The molecular weight excluding hydrogens is 308 g/mol. The minimum atomic E-state index is 0.223. The third-order valence-electron chi connectivity index (χ3n) is 3.27. The SMILES string of the molecule is C/C(=N/Nc1nc(-c2cccc(O)c2)cs1)c1cccc(N)c1. The second kappa shape index (κ2) is 6.50. The summed E-state index contributed by atoms with van der Waals surface area (Å²) < 4.78 is 0. The first-order valence-electron chi connectivity index (χ1n) is 7.03. The molecule has 0 aliphatic carbocycles. The molecule has 0 fully saturated rings. The van der Waals surface area contributed by atoms with Crippen LogP contribution in [0.2, 0.25) is 0 Å². The fraction of sp³-hybridized carbons (Fsp3) is 0.0588. The Morgan fingerprint density at radius 1 is 1.22 bits per heavy atom. The van der Waals surface area contributed by atoms with Crippen molar-refractivity contribution in [3.63, 3.8) is 0 Å². The Morgan fingerprint density at radius 2 is 2.04 bits per heavy atom. The number of thiazole rings is 1. The van der Waals surface area contributed by atoms with Gasteiger partial charge in [0.1, 0.15) is 5.75 Å². The van der Waals surface area contributed by atoms with Gasteiger partial charge in [-0.3, -0.25) is 5.43 Å². The Kier molecular flexibility index (Phi) is 4.25. The van der Waals surface area contributed by atoms with Gasteiger partial charge in [0, 0.05) is 16.6 Å². The Hall–Kier alpha value is -2.86. The van der Waals surface area contributed by atoms with Crippen LogP contribution in [-0.4, -0.2) is 15.8 Å². The molecule has 0 radical (unpaired) electrons. The van der Waals surface area contributed by atoms with Gasteiger partial charge in [-0.15, -0.1) is 11.3 Å². The predicted molar refractivity (Wildman–Crippen MR) is 95.9 cm³/mol. The van der Waals surface area contributed by atoms with Gasteiger partial charge in [0.2, 0.25) is 5.13 Å². The van der Waals surface area contributed by atoms with Crippen molar-refractivity contribution in [3.8, 4) is 17.0 Å². The molecule has 1 aromatic heterocycles. The van der Waals surface area contributed by atoms with Crippen LogP contribution in [0, 0.1) is 0 Å². The van der Waals surface area contributed by atoms with E-state index >= 15 is 0 Å². The fourth-order valence-electron chi connectivity index (χ4n) is 2.08. The molecule has 4 N–H and O–H groups in total. The molecule has 0 aliphatic rings. The molecule has 0 spiro atoms. The van der Waals surface area contributed by atoms with Gasteiger partial charge in [-0.2, -0.15) is 5.10 Å². The van der Waals surface area contributed by atoms with E-state index in [2.05, 4.69) is 15.5 Å². The van der Waals surface area contributed by atoms with Crippen LogP contribution in [0.4, 0.5) is 10.8 Å². The second-order valence-electron chi connectivity index (χ2n) is 5.02. The molecule has 0 saturated carbocycles. The van der Waals surface area contributed by atoms with Gasteiger partial charge in [0.15, 0.2) is 0 Å². The van der Waals surface area contributed by atoms with E-state index in [1.54, 1.807) is 18.2 Å². The van der Waals surface area contributed by atoms with Crippen LogP contribution >= 0.6 is 11.3 Å². The lowest BCUT2D eigenvalue weighted by atomic mass is 10.1. The summed E-state index contributed by atoms with van der Waals surface area (Å²) in [5, 5.41) is 16.5. The topological polar surface area (TPSA) is 83.5 Å². The van der Waals surface area contributed by atoms with Crippen molar-refractivity contribution in [2.45, 2.75) is 6.92 Å². The number of aromatic nitrogens is 1. The number of nitrogen functional groups attached to an aromatic ring is 1. The maximum atomic E-state index is 9.53. The Labute approximate surface area is 138 Å². The highest BCUT2D eigenvalue weighted by molar-refractivity contribution is 7.14. The molecule has 23 heavy (non-hydrogen) atoms. The summed E-state index contributed by atoms with van der Waals surface area (Å²) in [5.41, 5.74) is 12.9. The molecule has 116 valence electrons. The number of phenolic OH excluding ortho intramolecular Hbond substituents is 1.